The van der Waals surface area contributed by atoms with Gasteiger partial charge in [0.15, 0.2) is 0 Å². The van der Waals surface area contributed by atoms with E-state index in [1.54, 1.807) is 0 Å². The van der Waals surface area contributed by atoms with E-state index in [9.17, 15) is 14.4 Å². The number of aryl methyl sites for hydroxylation is 1. The number of fused-ring (bicyclic) bond motifs is 1. The van der Waals surface area contributed by atoms with E-state index in [-0.39, 0.29) is 12.5 Å². The lowest BCUT2D eigenvalue weighted by Gasteiger charge is -2.19. The van der Waals surface area contributed by atoms with Gasteiger partial charge in [0.1, 0.15) is 6.04 Å². The third kappa shape index (κ3) is 6.05. The number of aromatic nitrogens is 1. The van der Waals surface area contributed by atoms with Gasteiger partial charge in [-0.1, -0.05) is 32.0 Å². The minimum atomic E-state index is -0.791. The Labute approximate surface area is 170 Å². The van der Waals surface area contributed by atoms with Gasteiger partial charge in [0.05, 0.1) is 19.7 Å². The smallest absolute Gasteiger partial charge is 0.328 e. The molecule has 1 aromatic carbocycles. The summed E-state index contributed by atoms with van der Waals surface area (Å²) >= 11 is 0. The Morgan fingerprint density at radius 2 is 1.90 bits per heavy atom. The van der Waals surface area contributed by atoms with Crippen LogP contribution in [-0.2, 0) is 32.6 Å². The highest BCUT2D eigenvalue weighted by Crippen LogP contribution is 2.21. The predicted molar refractivity (Wildman–Crippen MR) is 111 cm³/mol. The molecule has 0 unspecified atom stereocenters. The molecule has 0 aliphatic rings. The third-order valence-corrected chi connectivity index (χ3v) is 4.71. The van der Waals surface area contributed by atoms with Gasteiger partial charge in [0, 0.05) is 24.1 Å². The summed E-state index contributed by atoms with van der Waals surface area (Å²) in [6, 6.07) is 6.36. The Hall–Kier alpha value is -2.87. The molecule has 0 fully saturated rings. The molecule has 2 amide bonds. The lowest BCUT2D eigenvalue weighted by atomic mass is 10.0. The van der Waals surface area contributed by atoms with Crippen molar-refractivity contribution in [1.29, 1.82) is 0 Å². The Morgan fingerprint density at radius 3 is 2.55 bits per heavy atom. The molecule has 2 aromatic rings. The van der Waals surface area contributed by atoms with Gasteiger partial charge >= 0.3 is 5.97 Å². The molecule has 0 radical (unpaired) electrons. The average molecular weight is 402 g/mol. The van der Waals surface area contributed by atoms with Gasteiger partial charge in [-0.15, -0.1) is 0 Å². The van der Waals surface area contributed by atoms with Crippen molar-refractivity contribution in [1.82, 2.24) is 15.2 Å². The molecule has 8 nitrogen and oxygen atoms in total. The van der Waals surface area contributed by atoms with E-state index in [1.165, 1.54) is 7.11 Å². The summed E-state index contributed by atoms with van der Waals surface area (Å²) in [6.07, 6.45) is 2.76. The maximum atomic E-state index is 12.3. The predicted octanol–water partition coefficient (Wildman–Crippen LogP) is 0.868. The largest absolute Gasteiger partial charge is 0.467 e. The number of methoxy groups -OCH3 is 1. The van der Waals surface area contributed by atoms with Gasteiger partial charge in [-0.3, -0.25) is 9.59 Å². The summed E-state index contributed by atoms with van der Waals surface area (Å²) in [6.45, 7) is 3.63. The van der Waals surface area contributed by atoms with Crippen LogP contribution in [0, 0.1) is 5.92 Å². The number of carbonyl (C=O) groups is 3. The van der Waals surface area contributed by atoms with E-state index in [0.717, 1.165) is 16.5 Å². The second-order valence-corrected chi connectivity index (χ2v) is 7.58. The van der Waals surface area contributed by atoms with Gasteiger partial charge < -0.3 is 25.7 Å². The van der Waals surface area contributed by atoms with E-state index >= 15 is 0 Å². The number of hydrogen-bond donors (Lipinski definition) is 3. The monoisotopic (exact) mass is 402 g/mol. The zero-order chi connectivity index (χ0) is 21.6. The van der Waals surface area contributed by atoms with Gasteiger partial charge in [-0.25, -0.2) is 4.79 Å². The third-order valence-electron chi connectivity index (χ3n) is 4.71. The lowest BCUT2D eigenvalue weighted by Crippen LogP contribution is -2.49. The minimum Gasteiger partial charge on any atom is -0.467 e. The molecule has 1 heterocycles. The lowest BCUT2D eigenvalue weighted by molar-refractivity contribution is -0.145. The second-order valence-electron chi connectivity index (χ2n) is 7.58. The second kappa shape index (κ2) is 10.1. The zero-order valence-electron chi connectivity index (χ0n) is 17.4. The van der Waals surface area contributed by atoms with Crippen LogP contribution in [0.3, 0.4) is 0 Å². The van der Waals surface area contributed by atoms with Crippen molar-refractivity contribution in [3.8, 4) is 0 Å². The number of nitrogens with zero attached hydrogens (tertiary/aromatic N) is 1. The van der Waals surface area contributed by atoms with Crippen LogP contribution < -0.4 is 16.4 Å². The van der Waals surface area contributed by atoms with Crippen LogP contribution in [0.15, 0.2) is 30.5 Å². The number of ether oxygens (including phenoxy) is 1. The zero-order valence-corrected chi connectivity index (χ0v) is 17.4. The Kier molecular flexibility index (Phi) is 7.78. The highest BCUT2D eigenvalue weighted by atomic mass is 16.5. The van der Waals surface area contributed by atoms with Crippen LogP contribution in [0.2, 0.25) is 0 Å². The molecule has 0 saturated carbocycles. The first kappa shape index (κ1) is 22.4. The molecule has 0 saturated heterocycles. The van der Waals surface area contributed by atoms with Crippen LogP contribution in [0.4, 0.5) is 0 Å². The van der Waals surface area contributed by atoms with E-state index in [4.69, 9.17) is 10.5 Å². The van der Waals surface area contributed by atoms with Crippen molar-refractivity contribution in [3.05, 3.63) is 36.0 Å². The number of nitrogens with two attached hydrogens (primary N) is 1. The molecule has 8 heteroatoms. The van der Waals surface area contributed by atoms with Crippen molar-refractivity contribution in [2.45, 2.75) is 38.8 Å². The summed E-state index contributed by atoms with van der Waals surface area (Å²) in [7, 11) is 3.21. The first-order valence-corrected chi connectivity index (χ1v) is 9.66. The van der Waals surface area contributed by atoms with E-state index in [2.05, 4.69) is 10.6 Å². The fourth-order valence-electron chi connectivity index (χ4n) is 3.29. The molecule has 4 N–H and O–H groups in total. The summed E-state index contributed by atoms with van der Waals surface area (Å²) in [4.78, 5) is 36.3. The van der Waals surface area contributed by atoms with Gasteiger partial charge in [0.2, 0.25) is 11.8 Å². The van der Waals surface area contributed by atoms with E-state index in [1.807, 2.05) is 55.9 Å². The first-order chi connectivity index (χ1) is 13.7. The molecule has 0 aliphatic carbocycles. The SMILES string of the molecule is COC(=O)[C@@H](CC(C)C)NC(=O)CNC(=O)[C@@H](N)Cc1cn(C)c2ccccc12. The summed E-state index contributed by atoms with van der Waals surface area (Å²) in [5.41, 5.74) is 8.08. The van der Waals surface area contributed by atoms with Gasteiger partial charge in [-0.05, 0) is 30.4 Å². The van der Waals surface area contributed by atoms with E-state index in [0.29, 0.717) is 12.8 Å². The summed E-state index contributed by atoms with van der Waals surface area (Å²) in [5, 5.41) is 6.18. The maximum Gasteiger partial charge on any atom is 0.328 e. The van der Waals surface area contributed by atoms with Crippen LogP contribution in [0.1, 0.15) is 25.8 Å². The molecule has 0 aliphatic heterocycles. The molecule has 158 valence electrons. The molecule has 0 bridgehead atoms. The number of amides is 2. The molecule has 2 rings (SSSR count). The highest BCUT2D eigenvalue weighted by molar-refractivity contribution is 5.90. The quantitative estimate of drug-likeness (QED) is 0.538. The highest BCUT2D eigenvalue weighted by Gasteiger charge is 2.23. The standard InChI is InChI=1S/C21H30N4O4/c1-13(2)9-17(21(28)29-4)24-19(26)11-23-20(27)16(22)10-14-12-25(3)18-8-6-5-7-15(14)18/h5-8,12-13,16-17H,9-11,22H2,1-4H3,(H,23,27)(H,24,26)/t16-,17+/m0/s1. The number of esters is 1. The van der Waals surface area contributed by atoms with Crippen molar-refractivity contribution in [3.63, 3.8) is 0 Å². The van der Waals surface area contributed by atoms with Crippen molar-refractivity contribution < 1.29 is 19.1 Å². The van der Waals surface area contributed by atoms with Crippen LogP contribution in [-0.4, -0.2) is 48.1 Å². The fourth-order valence-corrected chi connectivity index (χ4v) is 3.29. The molecular weight excluding hydrogens is 372 g/mol. The van der Waals surface area contributed by atoms with Gasteiger partial charge in [0.25, 0.3) is 0 Å². The van der Waals surface area contributed by atoms with Crippen molar-refractivity contribution >= 4 is 28.7 Å². The van der Waals surface area contributed by atoms with Crippen LogP contribution in [0.5, 0.6) is 0 Å². The van der Waals surface area contributed by atoms with Crippen LogP contribution in [0.25, 0.3) is 10.9 Å². The van der Waals surface area contributed by atoms with Crippen molar-refractivity contribution in [2.24, 2.45) is 18.7 Å². The number of hydrogen-bond acceptors (Lipinski definition) is 5. The number of benzene rings is 1. The molecule has 29 heavy (non-hydrogen) atoms. The average Bonchev–Trinajstić information content (AvgIpc) is 3.00. The maximum absolute atomic E-state index is 12.3. The first-order valence-electron chi connectivity index (χ1n) is 9.66. The van der Waals surface area contributed by atoms with E-state index < -0.39 is 29.9 Å². The molecular formula is C21H30N4O4. The van der Waals surface area contributed by atoms with Crippen LogP contribution >= 0.6 is 0 Å². The van der Waals surface area contributed by atoms with Gasteiger partial charge in [-0.2, -0.15) is 0 Å². The Balaban J connectivity index is 1.90. The normalized spacial score (nSPS) is 13.2. The number of rotatable bonds is 9. The number of carbonyl (C=O) groups excluding carboxylic acids is 3. The topological polar surface area (TPSA) is 115 Å². The Bertz CT molecular complexity index is 875. The fraction of sp³-hybridized carbons (Fsp3) is 0.476. The molecule has 2 atom stereocenters. The number of nitrogens with one attached hydrogen (secondary N) is 2. The summed E-state index contributed by atoms with van der Waals surface area (Å²) < 4.78 is 6.71. The van der Waals surface area contributed by atoms with Crippen molar-refractivity contribution in [2.75, 3.05) is 13.7 Å². The minimum absolute atomic E-state index is 0.197. The Morgan fingerprint density at radius 1 is 1.21 bits per heavy atom. The summed E-state index contributed by atoms with van der Waals surface area (Å²) in [5.74, 6) is -1.20. The molecule has 1 aromatic heterocycles. The molecule has 0 spiro atoms. The number of para-hydroxylation sites is 1.